The third-order valence-corrected chi connectivity index (χ3v) is 6.89. The number of thioether (sulfide) groups is 1. The third kappa shape index (κ3) is 9.82. The van der Waals surface area contributed by atoms with Gasteiger partial charge in [-0.1, -0.05) is 56.8 Å². The number of aliphatic imine (C=N–C) groups is 1. The predicted molar refractivity (Wildman–Crippen MR) is 142 cm³/mol. The fraction of sp³-hybridized carbons (Fsp3) is 0.462. The van der Waals surface area contributed by atoms with Crippen LogP contribution in [0.5, 0.6) is 0 Å². The van der Waals surface area contributed by atoms with Gasteiger partial charge in [0.2, 0.25) is 0 Å². The van der Waals surface area contributed by atoms with E-state index in [4.69, 9.17) is 9.73 Å². The molecule has 2 unspecified atom stereocenters. The molecule has 1 heterocycles. The Hall–Kier alpha value is -1.96. The minimum atomic E-state index is -1.00. The van der Waals surface area contributed by atoms with Gasteiger partial charge in [-0.2, -0.15) is 0 Å². The standard InChI is InChI=1S/C26H37N3O2S2/c1-7-9-22-11-16-25(27-18-22)32-19-31-26(20(2)10-8-17-29(4)5)28-21(3)23-12-14-24(15-13-23)33(6)30/h11-16,18,20H,3,7-10,17,19H2,1-2,4-6H3. The lowest BCUT2D eigenvalue weighted by Gasteiger charge is -2.18. The second-order valence-electron chi connectivity index (χ2n) is 8.38. The van der Waals surface area contributed by atoms with Crippen molar-refractivity contribution < 1.29 is 8.95 Å². The quantitative estimate of drug-likeness (QED) is 0.153. The molecule has 7 heteroatoms. The first-order valence-electron chi connectivity index (χ1n) is 11.4. The normalized spacial score (nSPS) is 13.7. The SMILES string of the molecule is C=C(N=C(OCSc1ccc(CCC)cn1)C(C)CCCN(C)C)c1ccc(S(C)=O)cc1. The molecule has 2 aromatic rings. The second-order valence-corrected chi connectivity index (χ2v) is 10.7. The Morgan fingerprint density at radius 3 is 2.55 bits per heavy atom. The van der Waals surface area contributed by atoms with E-state index in [1.54, 1.807) is 18.0 Å². The van der Waals surface area contributed by atoms with Crippen molar-refractivity contribution in [3.63, 3.8) is 0 Å². The van der Waals surface area contributed by atoms with E-state index in [1.165, 1.54) is 5.56 Å². The molecule has 33 heavy (non-hydrogen) atoms. The summed E-state index contributed by atoms with van der Waals surface area (Å²) >= 11 is 1.56. The lowest BCUT2D eigenvalue weighted by Crippen LogP contribution is -2.19. The zero-order valence-electron chi connectivity index (χ0n) is 20.5. The van der Waals surface area contributed by atoms with Gasteiger partial charge in [0, 0.05) is 34.1 Å². The maximum absolute atomic E-state index is 11.7. The maximum atomic E-state index is 11.7. The van der Waals surface area contributed by atoms with Gasteiger partial charge in [0.1, 0.15) is 5.94 Å². The van der Waals surface area contributed by atoms with Gasteiger partial charge in [-0.3, -0.25) is 4.21 Å². The molecule has 0 spiro atoms. The van der Waals surface area contributed by atoms with E-state index in [1.807, 2.05) is 30.5 Å². The smallest absolute Gasteiger partial charge is 0.192 e. The largest absolute Gasteiger partial charge is 0.469 e. The van der Waals surface area contributed by atoms with Crippen LogP contribution in [-0.4, -0.2) is 52.8 Å². The van der Waals surface area contributed by atoms with Gasteiger partial charge >= 0.3 is 0 Å². The van der Waals surface area contributed by atoms with E-state index in [0.717, 1.165) is 47.7 Å². The van der Waals surface area contributed by atoms with E-state index in [2.05, 4.69) is 56.5 Å². The van der Waals surface area contributed by atoms with E-state index < -0.39 is 10.8 Å². The van der Waals surface area contributed by atoms with Crippen molar-refractivity contribution in [1.82, 2.24) is 9.88 Å². The summed E-state index contributed by atoms with van der Waals surface area (Å²) in [5, 5.41) is 0.941. The molecule has 0 N–H and O–H groups in total. The van der Waals surface area contributed by atoms with Gasteiger partial charge in [0.05, 0.1) is 10.7 Å². The minimum absolute atomic E-state index is 0.171. The summed E-state index contributed by atoms with van der Waals surface area (Å²) in [6.07, 6.45) is 7.83. The summed E-state index contributed by atoms with van der Waals surface area (Å²) in [5.74, 6) is 1.31. The van der Waals surface area contributed by atoms with Crippen LogP contribution in [0.1, 0.15) is 44.2 Å². The Bertz CT molecular complexity index is 926. The molecule has 0 saturated carbocycles. The molecule has 0 saturated heterocycles. The van der Waals surface area contributed by atoms with Crippen molar-refractivity contribution in [3.8, 4) is 0 Å². The van der Waals surface area contributed by atoms with Crippen LogP contribution in [0.15, 0.2) is 64.1 Å². The first kappa shape index (κ1) is 27.3. The van der Waals surface area contributed by atoms with Crippen LogP contribution in [0.4, 0.5) is 0 Å². The number of aromatic nitrogens is 1. The molecule has 2 rings (SSSR count). The lowest BCUT2D eigenvalue weighted by molar-refractivity contribution is 0.334. The molecule has 180 valence electrons. The first-order valence-corrected chi connectivity index (χ1v) is 13.9. The van der Waals surface area contributed by atoms with E-state index in [0.29, 0.717) is 17.5 Å². The van der Waals surface area contributed by atoms with Gasteiger partial charge in [-0.05, 0) is 69.2 Å². The third-order valence-electron chi connectivity index (χ3n) is 5.18. The van der Waals surface area contributed by atoms with E-state index in [-0.39, 0.29) is 5.92 Å². The Labute approximate surface area is 206 Å². The van der Waals surface area contributed by atoms with Crippen LogP contribution in [-0.2, 0) is 22.0 Å². The molecule has 0 bridgehead atoms. The molecule has 1 aromatic carbocycles. The molecule has 0 fully saturated rings. The van der Waals surface area contributed by atoms with Crippen molar-refractivity contribution in [2.45, 2.75) is 49.5 Å². The highest BCUT2D eigenvalue weighted by Gasteiger charge is 2.14. The molecular weight excluding hydrogens is 450 g/mol. The summed E-state index contributed by atoms with van der Waals surface area (Å²) in [7, 11) is 3.16. The number of nitrogens with zero attached hydrogens (tertiary/aromatic N) is 3. The topological polar surface area (TPSA) is 54.8 Å². The fourth-order valence-corrected chi connectivity index (χ4v) is 4.35. The number of benzene rings is 1. The summed E-state index contributed by atoms with van der Waals surface area (Å²) in [5.41, 5.74) is 2.80. The van der Waals surface area contributed by atoms with Crippen LogP contribution in [0.2, 0.25) is 0 Å². The number of hydrogen-bond donors (Lipinski definition) is 0. The molecule has 0 amide bonds. The molecule has 0 aliphatic carbocycles. The summed E-state index contributed by atoms with van der Waals surface area (Å²) in [4.78, 5) is 12.3. The van der Waals surface area contributed by atoms with Crippen LogP contribution in [0.25, 0.3) is 5.70 Å². The van der Waals surface area contributed by atoms with Crippen molar-refractivity contribution in [1.29, 1.82) is 0 Å². The predicted octanol–water partition coefficient (Wildman–Crippen LogP) is 5.89. The van der Waals surface area contributed by atoms with Crippen LogP contribution < -0.4 is 0 Å². The van der Waals surface area contributed by atoms with Crippen molar-refractivity contribution in [3.05, 3.63) is 60.3 Å². The number of hydrogen-bond acceptors (Lipinski definition) is 6. The maximum Gasteiger partial charge on any atom is 0.192 e. The molecule has 0 aliphatic heterocycles. The number of rotatable bonds is 13. The van der Waals surface area contributed by atoms with Crippen molar-refractivity contribution in [2.24, 2.45) is 10.9 Å². The number of aryl methyl sites for hydroxylation is 1. The molecule has 1 aromatic heterocycles. The summed E-state index contributed by atoms with van der Waals surface area (Å²) < 4.78 is 17.8. The second kappa shape index (κ2) is 14.3. The Morgan fingerprint density at radius 2 is 1.97 bits per heavy atom. The molecule has 5 nitrogen and oxygen atoms in total. The molecule has 2 atom stereocenters. The highest BCUT2D eigenvalue weighted by molar-refractivity contribution is 7.99. The van der Waals surface area contributed by atoms with Crippen molar-refractivity contribution >= 4 is 34.2 Å². The van der Waals surface area contributed by atoms with Crippen molar-refractivity contribution in [2.75, 3.05) is 32.8 Å². The Kier molecular flexibility index (Phi) is 11.9. The van der Waals surface area contributed by atoms with E-state index in [9.17, 15) is 4.21 Å². The average molecular weight is 488 g/mol. The van der Waals surface area contributed by atoms with Gasteiger partial charge in [-0.15, -0.1) is 0 Å². The Morgan fingerprint density at radius 1 is 1.24 bits per heavy atom. The molecule has 0 aliphatic rings. The zero-order chi connectivity index (χ0) is 24.2. The van der Waals surface area contributed by atoms with Gasteiger partial charge in [0.25, 0.3) is 0 Å². The van der Waals surface area contributed by atoms with E-state index >= 15 is 0 Å². The first-order chi connectivity index (χ1) is 15.8. The highest BCUT2D eigenvalue weighted by atomic mass is 32.2. The Balaban J connectivity index is 2.07. The summed E-state index contributed by atoms with van der Waals surface area (Å²) in [6, 6.07) is 11.7. The zero-order valence-corrected chi connectivity index (χ0v) is 22.2. The lowest BCUT2D eigenvalue weighted by atomic mass is 10.1. The van der Waals surface area contributed by atoms with Gasteiger partial charge in [-0.25, -0.2) is 9.98 Å². The number of ether oxygens (including phenoxy) is 1. The molecule has 0 radical (unpaired) electrons. The minimum Gasteiger partial charge on any atom is -0.469 e. The fourth-order valence-electron chi connectivity index (χ4n) is 3.24. The van der Waals surface area contributed by atoms with Gasteiger partial charge in [0.15, 0.2) is 5.90 Å². The summed E-state index contributed by atoms with van der Waals surface area (Å²) in [6.45, 7) is 9.49. The van der Waals surface area contributed by atoms with Crippen LogP contribution >= 0.6 is 11.8 Å². The number of pyridine rings is 1. The average Bonchev–Trinajstić information content (AvgIpc) is 2.79. The monoisotopic (exact) mass is 487 g/mol. The van der Waals surface area contributed by atoms with Crippen LogP contribution in [0, 0.1) is 5.92 Å². The highest BCUT2D eigenvalue weighted by Crippen LogP contribution is 2.22. The van der Waals surface area contributed by atoms with Gasteiger partial charge < -0.3 is 9.64 Å². The molecular formula is C26H37N3O2S2. The van der Waals surface area contributed by atoms with Crippen LogP contribution in [0.3, 0.4) is 0 Å².